The summed E-state index contributed by atoms with van der Waals surface area (Å²) in [5.41, 5.74) is 1.39. The van der Waals surface area contributed by atoms with Gasteiger partial charge in [-0.15, -0.1) is 11.3 Å². The highest BCUT2D eigenvalue weighted by molar-refractivity contribution is 7.14. The molecule has 3 heteroatoms. The monoisotopic (exact) mass is 198 g/mol. The van der Waals surface area contributed by atoms with Crippen LogP contribution in [-0.4, -0.2) is 27.2 Å². The van der Waals surface area contributed by atoms with Gasteiger partial charge in [-0.1, -0.05) is 0 Å². The molecule has 0 bridgehead atoms. The van der Waals surface area contributed by atoms with Gasteiger partial charge in [-0.3, -0.25) is 0 Å². The summed E-state index contributed by atoms with van der Waals surface area (Å²) in [6, 6.07) is 2.18. The zero-order valence-corrected chi connectivity index (χ0v) is 9.45. The molecule has 0 atom stereocenters. The van der Waals surface area contributed by atoms with E-state index >= 15 is 0 Å². The third-order valence-corrected chi connectivity index (χ3v) is 3.23. The molecule has 0 spiro atoms. The molecule has 0 aromatic carbocycles. The van der Waals surface area contributed by atoms with E-state index in [4.69, 9.17) is 0 Å². The van der Waals surface area contributed by atoms with Crippen LogP contribution in [0.5, 0.6) is 0 Å². The first-order valence-electron chi connectivity index (χ1n) is 4.65. The molecule has 2 nitrogen and oxygen atoms in total. The molecule has 0 aliphatic rings. The maximum absolute atomic E-state index is 3.16. The molecule has 0 amide bonds. The molecule has 1 N–H and O–H groups in total. The van der Waals surface area contributed by atoms with Crippen LogP contribution in [0.15, 0.2) is 11.4 Å². The van der Waals surface area contributed by atoms with Gasteiger partial charge in [0.2, 0.25) is 0 Å². The van der Waals surface area contributed by atoms with E-state index in [1.807, 2.05) is 18.4 Å². The molecule has 0 unspecified atom stereocenters. The summed E-state index contributed by atoms with van der Waals surface area (Å²) >= 11 is 1.82. The number of anilines is 1. The lowest BCUT2D eigenvalue weighted by molar-refractivity contribution is 0.714. The van der Waals surface area contributed by atoms with Crippen molar-refractivity contribution in [1.29, 1.82) is 0 Å². The van der Waals surface area contributed by atoms with Crippen LogP contribution in [0.4, 0.5) is 5.00 Å². The number of hydrogen-bond acceptors (Lipinski definition) is 3. The van der Waals surface area contributed by atoms with Gasteiger partial charge in [-0.25, -0.2) is 0 Å². The van der Waals surface area contributed by atoms with E-state index in [1.165, 1.54) is 17.0 Å². The highest BCUT2D eigenvalue weighted by atomic mass is 32.1. The molecular weight excluding hydrogens is 180 g/mol. The SMILES string of the molecule is CNCCCN(C)c1sccc1C. The molecule has 1 heterocycles. The molecule has 0 aliphatic carbocycles. The first kappa shape index (κ1) is 10.5. The van der Waals surface area contributed by atoms with Crippen molar-refractivity contribution < 1.29 is 0 Å². The van der Waals surface area contributed by atoms with Crippen LogP contribution in [0.3, 0.4) is 0 Å². The quantitative estimate of drug-likeness (QED) is 0.729. The second-order valence-electron chi connectivity index (χ2n) is 3.29. The molecule has 0 aliphatic heterocycles. The van der Waals surface area contributed by atoms with Gasteiger partial charge < -0.3 is 10.2 Å². The number of hydrogen-bond donors (Lipinski definition) is 1. The minimum absolute atomic E-state index is 1.09. The van der Waals surface area contributed by atoms with E-state index < -0.39 is 0 Å². The van der Waals surface area contributed by atoms with Gasteiger partial charge in [-0.05, 0) is 43.9 Å². The lowest BCUT2D eigenvalue weighted by Crippen LogP contribution is -2.21. The Hall–Kier alpha value is -0.540. The normalized spacial score (nSPS) is 10.4. The highest BCUT2D eigenvalue weighted by Gasteiger charge is 2.04. The predicted molar refractivity (Wildman–Crippen MR) is 60.9 cm³/mol. The molecule has 13 heavy (non-hydrogen) atoms. The zero-order chi connectivity index (χ0) is 9.68. The molecule has 1 rings (SSSR count). The summed E-state index contributed by atoms with van der Waals surface area (Å²) in [4.78, 5) is 2.33. The molecule has 0 radical (unpaired) electrons. The summed E-state index contributed by atoms with van der Waals surface area (Å²) < 4.78 is 0. The Labute approximate surface area is 84.6 Å². The van der Waals surface area contributed by atoms with E-state index in [-0.39, 0.29) is 0 Å². The summed E-state index contributed by atoms with van der Waals surface area (Å²) in [5, 5.41) is 6.71. The Morgan fingerprint density at radius 3 is 2.85 bits per heavy atom. The van der Waals surface area contributed by atoms with E-state index in [2.05, 4.69) is 35.6 Å². The second-order valence-corrected chi connectivity index (χ2v) is 4.18. The average molecular weight is 198 g/mol. The first-order valence-corrected chi connectivity index (χ1v) is 5.53. The highest BCUT2D eigenvalue weighted by Crippen LogP contribution is 2.25. The third kappa shape index (κ3) is 3.01. The summed E-state index contributed by atoms with van der Waals surface area (Å²) in [7, 11) is 4.16. The number of thiophene rings is 1. The van der Waals surface area contributed by atoms with Gasteiger partial charge in [-0.2, -0.15) is 0 Å². The largest absolute Gasteiger partial charge is 0.366 e. The third-order valence-electron chi connectivity index (χ3n) is 2.10. The van der Waals surface area contributed by atoms with Crippen LogP contribution in [0.1, 0.15) is 12.0 Å². The molecule has 0 fully saturated rings. The van der Waals surface area contributed by atoms with Gasteiger partial charge >= 0.3 is 0 Å². The van der Waals surface area contributed by atoms with Gasteiger partial charge in [0, 0.05) is 13.6 Å². The Morgan fingerprint density at radius 1 is 1.54 bits per heavy atom. The molecule has 0 saturated heterocycles. The average Bonchev–Trinajstić information content (AvgIpc) is 2.52. The summed E-state index contributed by atoms with van der Waals surface area (Å²) in [6.45, 7) is 4.39. The number of nitrogens with zero attached hydrogens (tertiary/aromatic N) is 1. The van der Waals surface area contributed by atoms with Crippen LogP contribution >= 0.6 is 11.3 Å². The van der Waals surface area contributed by atoms with Crippen molar-refractivity contribution in [1.82, 2.24) is 5.32 Å². The van der Waals surface area contributed by atoms with Crippen molar-refractivity contribution in [3.63, 3.8) is 0 Å². The van der Waals surface area contributed by atoms with Crippen LogP contribution in [0.2, 0.25) is 0 Å². The van der Waals surface area contributed by atoms with E-state index in [9.17, 15) is 0 Å². The van der Waals surface area contributed by atoms with Crippen molar-refractivity contribution in [2.45, 2.75) is 13.3 Å². The van der Waals surface area contributed by atoms with Crippen LogP contribution in [0.25, 0.3) is 0 Å². The van der Waals surface area contributed by atoms with Gasteiger partial charge in [0.15, 0.2) is 0 Å². The Bertz CT molecular complexity index is 245. The van der Waals surface area contributed by atoms with Crippen molar-refractivity contribution >= 4 is 16.3 Å². The fraction of sp³-hybridized carbons (Fsp3) is 0.600. The standard InChI is InChI=1S/C10H18N2S/c1-9-5-8-13-10(9)12(3)7-4-6-11-2/h5,8,11H,4,6-7H2,1-3H3. The van der Waals surface area contributed by atoms with Crippen molar-refractivity contribution in [2.24, 2.45) is 0 Å². The Balaban J connectivity index is 2.39. The summed E-state index contributed by atoms with van der Waals surface area (Å²) in [6.07, 6.45) is 1.20. The van der Waals surface area contributed by atoms with Crippen LogP contribution in [0, 0.1) is 6.92 Å². The maximum Gasteiger partial charge on any atom is 0.0935 e. The molecule has 1 aromatic rings. The molecule has 0 saturated carbocycles. The lowest BCUT2D eigenvalue weighted by Gasteiger charge is -2.17. The number of aryl methyl sites for hydroxylation is 1. The zero-order valence-electron chi connectivity index (χ0n) is 8.63. The lowest BCUT2D eigenvalue weighted by atomic mass is 10.3. The number of nitrogens with one attached hydrogen (secondary N) is 1. The predicted octanol–water partition coefficient (Wildman–Crippen LogP) is 2.10. The van der Waals surface area contributed by atoms with Crippen molar-refractivity contribution in [3.05, 3.63) is 17.0 Å². The summed E-state index contributed by atoms with van der Waals surface area (Å²) in [5.74, 6) is 0. The fourth-order valence-electron chi connectivity index (χ4n) is 1.35. The van der Waals surface area contributed by atoms with E-state index in [0.717, 1.165) is 13.1 Å². The Morgan fingerprint density at radius 2 is 2.31 bits per heavy atom. The molecular formula is C10H18N2S. The second kappa shape index (κ2) is 5.25. The van der Waals surface area contributed by atoms with E-state index in [1.54, 1.807) is 0 Å². The van der Waals surface area contributed by atoms with Crippen molar-refractivity contribution in [2.75, 3.05) is 32.1 Å². The first-order chi connectivity index (χ1) is 6.25. The van der Waals surface area contributed by atoms with Crippen LogP contribution < -0.4 is 10.2 Å². The Kier molecular flexibility index (Phi) is 4.25. The molecule has 74 valence electrons. The van der Waals surface area contributed by atoms with Gasteiger partial charge in [0.05, 0.1) is 5.00 Å². The maximum atomic E-state index is 3.16. The van der Waals surface area contributed by atoms with Gasteiger partial charge in [0.1, 0.15) is 0 Å². The van der Waals surface area contributed by atoms with Crippen molar-refractivity contribution in [3.8, 4) is 0 Å². The smallest absolute Gasteiger partial charge is 0.0935 e. The molecule has 1 aromatic heterocycles. The number of rotatable bonds is 5. The fourth-order valence-corrected chi connectivity index (χ4v) is 2.28. The van der Waals surface area contributed by atoms with E-state index in [0.29, 0.717) is 0 Å². The minimum Gasteiger partial charge on any atom is -0.366 e. The topological polar surface area (TPSA) is 15.3 Å². The van der Waals surface area contributed by atoms with Gasteiger partial charge in [0.25, 0.3) is 0 Å². The minimum atomic E-state index is 1.09. The van der Waals surface area contributed by atoms with Crippen LogP contribution in [-0.2, 0) is 0 Å².